The van der Waals surface area contributed by atoms with Gasteiger partial charge in [0.25, 0.3) is 0 Å². The third kappa shape index (κ3) is 2.36. The highest BCUT2D eigenvalue weighted by atomic mass is 16.7. The van der Waals surface area contributed by atoms with Gasteiger partial charge >= 0.3 is 7.12 Å². The zero-order valence-electron chi connectivity index (χ0n) is 11.4. The summed E-state index contributed by atoms with van der Waals surface area (Å²) >= 11 is 0. The Morgan fingerprint density at radius 1 is 1.39 bits per heavy atom. The predicted molar refractivity (Wildman–Crippen MR) is 71.7 cm³/mol. The normalized spacial score (nSPS) is 22.5. The SMILES string of the molecule is CC1(C)OB(C(=Cc2cnc[nH]2)CN)OC1(C)C. The lowest BCUT2D eigenvalue weighted by atomic mass is 9.77. The summed E-state index contributed by atoms with van der Waals surface area (Å²) in [5.41, 5.74) is 6.88. The fourth-order valence-electron chi connectivity index (χ4n) is 1.76. The predicted octanol–water partition coefficient (Wildman–Crippen LogP) is 1.38. The maximum Gasteiger partial charge on any atom is 0.491 e. The molecule has 2 rings (SSSR count). The zero-order chi connectivity index (χ0) is 13.4. The highest BCUT2D eigenvalue weighted by molar-refractivity contribution is 6.55. The molecule has 1 aliphatic heterocycles. The van der Waals surface area contributed by atoms with Crippen molar-refractivity contribution in [3.63, 3.8) is 0 Å². The molecule has 0 spiro atoms. The van der Waals surface area contributed by atoms with E-state index in [1.165, 1.54) is 0 Å². The molecule has 18 heavy (non-hydrogen) atoms. The molecule has 1 aromatic heterocycles. The largest absolute Gasteiger partial charge is 0.491 e. The molecule has 0 radical (unpaired) electrons. The van der Waals surface area contributed by atoms with Crippen LogP contribution in [0.5, 0.6) is 0 Å². The molecule has 0 bridgehead atoms. The molecule has 1 fully saturated rings. The van der Waals surface area contributed by atoms with Gasteiger partial charge in [-0.2, -0.15) is 0 Å². The van der Waals surface area contributed by atoms with Crippen LogP contribution in [-0.2, 0) is 9.31 Å². The minimum atomic E-state index is -0.400. The van der Waals surface area contributed by atoms with Gasteiger partial charge in [0.1, 0.15) is 0 Å². The first-order valence-corrected chi connectivity index (χ1v) is 6.10. The van der Waals surface area contributed by atoms with Gasteiger partial charge in [0, 0.05) is 6.54 Å². The summed E-state index contributed by atoms with van der Waals surface area (Å²) in [7, 11) is -0.400. The van der Waals surface area contributed by atoms with Crippen LogP contribution in [0.2, 0.25) is 0 Å². The number of hydrogen-bond acceptors (Lipinski definition) is 4. The van der Waals surface area contributed by atoms with Crippen LogP contribution in [0.15, 0.2) is 18.0 Å². The third-order valence-electron chi connectivity index (χ3n) is 3.65. The molecular weight excluding hydrogens is 229 g/mol. The van der Waals surface area contributed by atoms with E-state index in [-0.39, 0.29) is 11.2 Å². The first kappa shape index (κ1) is 13.3. The van der Waals surface area contributed by atoms with E-state index in [0.717, 1.165) is 11.2 Å². The molecule has 0 unspecified atom stereocenters. The molecule has 1 aromatic rings. The smallest absolute Gasteiger partial charge is 0.400 e. The number of rotatable bonds is 3. The molecule has 3 N–H and O–H groups in total. The van der Waals surface area contributed by atoms with Gasteiger partial charge in [0.15, 0.2) is 0 Å². The van der Waals surface area contributed by atoms with Crippen LogP contribution in [0.25, 0.3) is 6.08 Å². The van der Waals surface area contributed by atoms with Gasteiger partial charge in [-0.15, -0.1) is 0 Å². The lowest BCUT2D eigenvalue weighted by Gasteiger charge is -2.32. The van der Waals surface area contributed by atoms with Crippen LogP contribution in [0, 0.1) is 0 Å². The molecule has 2 heterocycles. The first-order valence-electron chi connectivity index (χ1n) is 6.10. The Hall–Kier alpha value is -1.11. The van der Waals surface area contributed by atoms with E-state index in [4.69, 9.17) is 15.0 Å². The number of aromatic amines is 1. The first-order chi connectivity index (χ1) is 8.36. The molecule has 98 valence electrons. The maximum absolute atomic E-state index is 5.96. The van der Waals surface area contributed by atoms with Crippen LogP contribution in [0.3, 0.4) is 0 Å². The second kappa shape index (κ2) is 4.53. The van der Waals surface area contributed by atoms with E-state index in [1.54, 1.807) is 12.5 Å². The van der Waals surface area contributed by atoms with Crippen molar-refractivity contribution in [1.82, 2.24) is 9.97 Å². The quantitative estimate of drug-likeness (QED) is 0.794. The highest BCUT2D eigenvalue weighted by Gasteiger charge is 2.52. The molecule has 6 heteroatoms. The summed E-state index contributed by atoms with van der Waals surface area (Å²) in [5.74, 6) is 0. The van der Waals surface area contributed by atoms with Crippen LogP contribution < -0.4 is 5.73 Å². The molecule has 0 aliphatic carbocycles. The van der Waals surface area contributed by atoms with Crippen molar-refractivity contribution in [2.24, 2.45) is 5.73 Å². The van der Waals surface area contributed by atoms with Crippen molar-refractivity contribution < 1.29 is 9.31 Å². The van der Waals surface area contributed by atoms with Crippen molar-refractivity contribution in [2.75, 3.05) is 6.54 Å². The Kier molecular flexibility index (Phi) is 3.36. The molecule has 0 saturated carbocycles. The minimum Gasteiger partial charge on any atom is -0.400 e. The number of H-pyrrole nitrogens is 1. The summed E-state index contributed by atoms with van der Waals surface area (Å²) in [5, 5.41) is 0. The zero-order valence-corrected chi connectivity index (χ0v) is 11.4. The van der Waals surface area contributed by atoms with Crippen molar-refractivity contribution in [1.29, 1.82) is 0 Å². The van der Waals surface area contributed by atoms with Gasteiger partial charge in [0.05, 0.1) is 29.4 Å². The Labute approximate surface area is 108 Å². The fourth-order valence-corrected chi connectivity index (χ4v) is 1.76. The Balaban J connectivity index is 2.22. The third-order valence-corrected chi connectivity index (χ3v) is 3.65. The van der Waals surface area contributed by atoms with Gasteiger partial charge < -0.3 is 20.0 Å². The minimum absolute atomic E-state index is 0.347. The van der Waals surface area contributed by atoms with E-state index in [0.29, 0.717) is 6.54 Å². The Bertz CT molecular complexity index is 424. The number of hydrogen-bond donors (Lipinski definition) is 2. The number of nitrogens with one attached hydrogen (secondary N) is 1. The lowest BCUT2D eigenvalue weighted by Crippen LogP contribution is -2.41. The number of imidazole rings is 1. The number of aromatic nitrogens is 2. The van der Waals surface area contributed by atoms with E-state index in [9.17, 15) is 0 Å². The summed E-state index contributed by atoms with van der Waals surface area (Å²) < 4.78 is 11.9. The van der Waals surface area contributed by atoms with E-state index in [2.05, 4.69) is 9.97 Å². The summed E-state index contributed by atoms with van der Waals surface area (Å²) in [4.78, 5) is 6.98. The van der Waals surface area contributed by atoms with Gasteiger partial charge in [0.2, 0.25) is 0 Å². The van der Waals surface area contributed by atoms with Crippen LogP contribution in [0.1, 0.15) is 33.4 Å². The summed E-state index contributed by atoms with van der Waals surface area (Å²) in [6.45, 7) is 8.49. The molecule has 1 aliphatic rings. The van der Waals surface area contributed by atoms with Gasteiger partial charge in [-0.25, -0.2) is 4.98 Å². The standard InChI is InChI=1S/C12H20BN3O2/c1-11(2)12(3,4)18-13(17-11)9(6-14)5-10-7-15-8-16-10/h5,7-8H,6,14H2,1-4H3,(H,15,16). The van der Waals surface area contributed by atoms with E-state index < -0.39 is 7.12 Å². The van der Waals surface area contributed by atoms with Crippen LogP contribution in [0.4, 0.5) is 0 Å². The van der Waals surface area contributed by atoms with Gasteiger partial charge in [-0.1, -0.05) is 0 Å². The van der Waals surface area contributed by atoms with E-state index >= 15 is 0 Å². The molecule has 5 nitrogen and oxygen atoms in total. The highest BCUT2D eigenvalue weighted by Crippen LogP contribution is 2.38. The molecular formula is C12H20BN3O2. The number of nitrogens with two attached hydrogens (primary N) is 1. The van der Waals surface area contributed by atoms with Crippen molar-refractivity contribution in [2.45, 2.75) is 38.9 Å². The van der Waals surface area contributed by atoms with Gasteiger partial charge in [-0.3, -0.25) is 0 Å². The second-order valence-corrected chi connectivity index (χ2v) is 5.52. The Morgan fingerprint density at radius 3 is 2.44 bits per heavy atom. The Morgan fingerprint density at radius 2 is 2.00 bits per heavy atom. The fraction of sp³-hybridized carbons (Fsp3) is 0.583. The molecule has 1 saturated heterocycles. The van der Waals surface area contributed by atoms with E-state index in [1.807, 2.05) is 33.8 Å². The van der Waals surface area contributed by atoms with Crippen molar-refractivity contribution in [3.05, 3.63) is 23.7 Å². The monoisotopic (exact) mass is 249 g/mol. The maximum atomic E-state index is 5.96. The van der Waals surface area contributed by atoms with Crippen LogP contribution >= 0.6 is 0 Å². The van der Waals surface area contributed by atoms with Crippen LogP contribution in [-0.4, -0.2) is 34.8 Å². The number of nitrogens with zero attached hydrogens (tertiary/aromatic N) is 1. The van der Waals surface area contributed by atoms with Crippen molar-refractivity contribution >= 4 is 13.2 Å². The molecule has 0 atom stereocenters. The summed E-state index contributed by atoms with van der Waals surface area (Å²) in [6, 6.07) is 0. The average molecular weight is 249 g/mol. The molecule has 0 aromatic carbocycles. The second-order valence-electron chi connectivity index (χ2n) is 5.52. The summed E-state index contributed by atoms with van der Waals surface area (Å²) in [6.07, 6.45) is 5.29. The van der Waals surface area contributed by atoms with Gasteiger partial charge in [-0.05, 0) is 39.2 Å². The van der Waals surface area contributed by atoms with Crippen molar-refractivity contribution in [3.8, 4) is 0 Å². The topological polar surface area (TPSA) is 73.2 Å². The molecule has 0 amide bonds. The lowest BCUT2D eigenvalue weighted by molar-refractivity contribution is 0.00578. The average Bonchev–Trinajstić information content (AvgIpc) is 2.82.